The van der Waals surface area contributed by atoms with E-state index >= 15 is 0 Å². The molecule has 8 nitrogen and oxygen atoms in total. The Labute approximate surface area is 207 Å². The van der Waals surface area contributed by atoms with Gasteiger partial charge in [0.2, 0.25) is 0 Å². The predicted molar refractivity (Wildman–Crippen MR) is 135 cm³/mol. The largest absolute Gasteiger partial charge is 0.328 e. The topological polar surface area (TPSA) is 71.5 Å². The van der Waals surface area contributed by atoms with Gasteiger partial charge in [-0.3, -0.25) is 20.0 Å². The monoisotopic (exact) mass is 474 g/mol. The van der Waals surface area contributed by atoms with Crippen molar-refractivity contribution < 1.29 is 9.59 Å². The number of carbonyl (C=O) groups is 2. The molecular weight excluding hydrogens is 440 g/mol. The molecule has 0 saturated carbocycles. The van der Waals surface area contributed by atoms with Crippen LogP contribution >= 0.6 is 0 Å². The van der Waals surface area contributed by atoms with Gasteiger partial charge in [0.05, 0.1) is 13.1 Å². The second-order valence-corrected chi connectivity index (χ2v) is 10.2. The third kappa shape index (κ3) is 4.10. The van der Waals surface area contributed by atoms with Crippen molar-refractivity contribution in [2.24, 2.45) is 5.10 Å². The highest BCUT2D eigenvalue weighted by molar-refractivity contribution is 6.01. The van der Waals surface area contributed by atoms with Gasteiger partial charge in [-0.2, -0.15) is 5.10 Å². The molecule has 2 saturated heterocycles. The van der Waals surface area contributed by atoms with E-state index in [0.717, 1.165) is 22.4 Å². The van der Waals surface area contributed by atoms with Crippen LogP contribution in [0, 0.1) is 27.7 Å². The van der Waals surface area contributed by atoms with E-state index in [4.69, 9.17) is 5.10 Å². The Kier molecular flexibility index (Phi) is 5.89. The van der Waals surface area contributed by atoms with Gasteiger partial charge in [-0.05, 0) is 56.9 Å². The van der Waals surface area contributed by atoms with Gasteiger partial charge >= 0.3 is 6.03 Å². The van der Waals surface area contributed by atoms with Crippen molar-refractivity contribution in [2.45, 2.75) is 66.2 Å². The number of hydrazone groups is 1. The number of urea groups is 1. The Hall–Kier alpha value is -3.23. The van der Waals surface area contributed by atoms with E-state index in [1.807, 2.05) is 37.9 Å². The molecule has 0 aliphatic carbocycles. The summed E-state index contributed by atoms with van der Waals surface area (Å²) < 4.78 is 0. The molecule has 3 amide bonds. The summed E-state index contributed by atoms with van der Waals surface area (Å²) in [6.07, 6.45) is -0.675. The molecule has 0 radical (unpaired) electrons. The molecule has 3 heterocycles. The number of carbonyl (C=O) groups excluding carboxylic acids is 2. The van der Waals surface area contributed by atoms with Crippen LogP contribution in [-0.4, -0.2) is 69.4 Å². The first-order chi connectivity index (χ1) is 16.6. The number of nitrogens with zero attached hydrogens (tertiary/aromatic N) is 5. The lowest BCUT2D eigenvalue weighted by Gasteiger charge is -2.42. The minimum atomic E-state index is -0.473. The molecule has 3 atom stereocenters. The van der Waals surface area contributed by atoms with Crippen molar-refractivity contribution in [3.63, 3.8) is 0 Å². The number of nitrogens with one attached hydrogen (secondary N) is 1. The lowest BCUT2D eigenvalue weighted by Crippen LogP contribution is -2.66. The van der Waals surface area contributed by atoms with Crippen molar-refractivity contribution in [3.05, 3.63) is 69.8 Å². The molecule has 3 unspecified atom stereocenters. The van der Waals surface area contributed by atoms with Crippen LogP contribution in [0.5, 0.6) is 0 Å². The highest BCUT2D eigenvalue weighted by atomic mass is 16.2. The Balaban J connectivity index is 1.44. The fourth-order valence-corrected chi connectivity index (χ4v) is 5.40. The SMILES string of the molecule is CC1=NN(Cc2cc(C)ccc2C)C2NC3C(C(=O)N(Cc4cc(C)ccc4C)C(=O)N3C)N2C1. The Bertz CT molecular complexity index is 1220. The molecule has 5 rings (SSSR count). The second-order valence-electron chi connectivity index (χ2n) is 10.2. The van der Waals surface area contributed by atoms with E-state index in [1.54, 1.807) is 11.9 Å². The van der Waals surface area contributed by atoms with E-state index in [0.29, 0.717) is 13.1 Å². The predicted octanol–water partition coefficient (Wildman–Crippen LogP) is 3.09. The van der Waals surface area contributed by atoms with Crippen molar-refractivity contribution >= 4 is 17.6 Å². The summed E-state index contributed by atoms with van der Waals surface area (Å²) in [7, 11) is 1.77. The number of aryl methyl sites for hydroxylation is 4. The number of fused-ring (bicyclic) bond motifs is 3. The number of hydrogen-bond donors (Lipinski definition) is 1. The Morgan fingerprint density at radius 1 is 0.914 bits per heavy atom. The van der Waals surface area contributed by atoms with E-state index in [-0.39, 0.29) is 24.8 Å². The molecule has 2 fully saturated rings. The standard InChI is InChI=1S/C27H34N6O2/c1-16-7-9-18(3)21(11-16)14-32-25(34)23-24(30(6)27(32)35)28-26-31(23)13-20(5)29-33(26)15-22-12-17(2)8-10-19(22)4/h7-12,23-24,26,28H,13-15H2,1-6H3. The van der Waals surface area contributed by atoms with Crippen LogP contribution in [0.4, 0.5) is 4.79 Å². The zero-order valence-electron chi connectivity index (χ0n) is 21.4. The average Bonchev–Trinajstić information content (AvgIpc) is 3.19. The van der Waals surface area contributed by atoms with Gasteiger partial charge in [-0.15, -0.1) is 0 Å². The summed E-state index contributed by atoms with van der Waals surface area (Å²) in [4.78, 5) is 32.4. The first kappa shape index (κ1) is 23.5. The van der Waals surface area contributed by atoms with Gasteiger partial charge < -0.3 is 4.90 Å². The highest BCUT2D eigenvalue weighted by Crippen LogP contribution is 2.32. The number of benzene rings is 2. The number of rotatable bonds is 4. The minimum Gasteiger partial charge on any atom is -0.310 e. The quantitative estimate of drug-likeness (QED) is 0.738. The van der Waals surface area contributed by atoms with Crippen LogP contribution in [0.2, 0.25) is 0 Å². The van der Waals surface area contributed by atoms with Gasteiger partial charge in [0.25, 0.3) is 5.91 Å². The Morgan fingerprint density at radius 2 is 1.51 bits per heavy atom. The summed E-state index contributed by atoms with van der Waals surface area (Å²) in [6.45, 7) is 11.7. The third-order valence-corrected chi connectivity index (χ3v) is 7.42. The first-order valence-corrected chi connectivity index (χ1v) is 12.2. The third-order valence-electron chi connectivity index (χ3n) is 7.42. The van der Waals surface area contributed by atoms with Crippen molar-refractivity contribution in [2.75, 3.05) is 13.6 Å². The highest BCUT2D eigenvalue weighted by Gasteiger charge is 2.56. The summed E-state index contributed by atoms with van der Waals surface area (Å²) >= 11 is 0. The molecule has 3 aliphatic rings. The molecule has 2 aromatic carbocycles. The zero-order chi connectivity index (χ0) is 25.0. The second kappa shape index (κ2) is 8.77. The van der Waals surface area contributed by atoms with Crippen LogP contribution in [0.1, 0.15) is 40.3 Å². The smallest absolute Gasteiger partial charge is 0.310 e. The normalized spacial score (nSPS) is 24.6. The van der Waals surface area contributed by atoms with Gasteiger partial charge in [0.1, 0.15) is 12.2 Å². The van der Waals surface area contributed by atoms with Crippen molar-refractivity contribution in [1.29, 1.82) is 0 Å². The molecule has 3 aliphatic heterocycles. The van der Waals surface area contributed by atoms with E-state index in [9.17, 15) is 9.59 Å². The van der Waals surface area contributed by atoms with Crippen LogP contribution in [0.3, 0.4) is 0 Å². The van der Waals surface area contributed by atoms with Crippen LogP contribution in [0.25, 0.3) is 0 Å². The van der Waals surface area contributed by atoms with E-state index < -0.39 is 12.2 Å². The summed E-state index contributed by atoms with van der Waals surface area (Å²) in [6, 6.07) is 11.8. The van der Waals surface area contributed by atoms with Gasteiger partial charge in [-0.25, -0.2) is 9.69 Å². The number of hydrogen-bond acceptors (Lipinski definition) is 6. The average molecular weight is 475 g/mol. The zero-order valence-corrected chi connectivity index (χ0v) is 21.4. The molecule has 8 heteroatoms. The van der Waals surface area contributed by atoms with Gasteiger partial charge in [-0.1, -0.05) is 47.5 Å². The fourth-order valence-electron chi connectivity index (χ4n) is 5.40. The molecule has 184 valence electrons. The molecular formula is C27H34N6O2. The van der Waals surface area contributed by atoms with Crippen LogP contribution in [-0.2, 0) is 17.9 Å². The maximum Gasteiger partial charge on any atom is 0.328 e. The number of amides is 3. The molecule has 0 aromatic heterocycles. The molecule has 0 bridgehead atoms. The fraction of sp³-hybridized carbons (Fsp3) is 0.444. The van der Waals surface area contributed by atoms with Gasteiger partial charge in [0.15, 0.2) is 6.29 Å². The molecule has 2 aromatic rings. The summed E-state index contributed by atoms with van der Waals surface area (Å²) in [5.41, 5.74) is 7.74. The van der Waals surface area contributed by atoms with Crippen LogP contribution in [0.15, 0.2) is 41.5 Å². The summed E-state index contributed by atoms with van der Waals surface area (Å²) in [5.74, 6) is -0.157. The van der Waals surface area contributed by atoms with Crippen molar-refractivity contribution in [1.82, 2.24) is 25.0 Å². The molecule has 1 N–H and O–H groups in total. The lowest BCUT2D eigenvalue weighted by atomic mass is 10.0. The van der Waals surface area contributed by atoms with Gasteiger partial charge in [0, 0.05) is 19.3 Å². The summed E-state index contributed by atoms with van der Waals surface area (Å²) in [5, 5.41) is 10.4. The van der Waals surface area contributed by atoms with Crippen LogP contribution < -0.4 is 5.32 Å². The van der Waals surface area contributed by atoms with E-state index in [2.05, 4.69) is 48.3 Å². The van der Waals surface area contributed by atoms with Crippen molar-refractivity contribution in [3.8, 4) is 0 Å². The first-order valence-electron chi connectivity index (χ1n) is 12.2. The maximum absolute atomic E-state index is 13.8. The Morgan fingerprint density at radius 3 is 2.14 bits per heavy atom. The maximum atomic E-state index is 13.8. The van der Waals surface area contributed by atoms with E-state index in [1.165, 1.54) is 21.6 Å². The molecule has 35 heavy (non-hydrogen) atoms. The number of imide groups is 1. The minimum absolute atomic E-state index is 0.157. The lowest BCUT2D eigenvalue weighted by molar-refractivity contribution is -0.139. The molecule has 0 spiro atoms. The number of likely N-dealkylation sites (N-methyl/N-ethyl adjacent to an activating group) is 1.